The lowest BCUT2D eigenvalue weighted by Gasteiger charge is -2.30. The van der Waals surface area contributed by atoms with Crippen molar-refractivity contribution in [3.63, 3.8) is 0 Å². The van der Waals surface area contributed by atoms with Gasteiger partial charge in [0.1, 0.15) is 11.6 Å². The molecule has 1 aromatic rings. The summed E-state index contributed by atoms with van der Waals surface area (Å²) >= 11 is 0. The molecule has 88 valence electrons. The Morgan fingerprint density at radius 3 is 2.25 bits per heavy atom. The maximum absolute atomic E-state index is 12.9. The Morgan fingerprint density at radius 1 is 1.12 bits per heavy atom. The summed E-state index contributed by atoms with van der Waals surface area (Å²) < 4.78 is 25.8. The van der Waals surface area contributed by atoms with Crippen molar-refractivity contribution >= 4 is 5.69 Å². The van der Waals surface area contributed by atoms with Crippen LogP contribution in [0.2, 0.25) is 0 Å². The van der Waals surface area contributed by atoms with Crippen LogP contribution in [0.5, 0.6) is 0 Å². The van der Waals surface area contributed by atoms with Crippen LogP contribution in [0, 0.1) is 11.6 Å². The number of nitrogens with one attached hydrogen (secondary N) is 1. The van der Waals surface area contributed by atoms with Gasteiger partial charge in [-0.1, -0.05) is 0 Å². The Bertz CT molecular complexity index is 345. The third kappa shape index (κ3) is 2.90. The van der Waals surface area contributed by atoms with E-state index in [-0.39, 0.29) is 6.10 Å². The molecule has 1 aliphatic heterocycles. The molecule has 1 saturated heterocycles. The number of halogens is 2. The molecule has 0 aromatic heterocycles. The quantitative estimate of drug-likeness (QED) is 0.809. The van der Waals surface area contributed by atoms with Crippen molar-refractivity contribution in [1.29, 1.82) is 0 Å². The van der Waals surface area contributed by atoms with Crippen LogP contribution in [0.1, 0.15) is 12.8 Å². The minimum Gasteiger partial charge on any atom is -0.393 e. The van der Waals surface area contributed by atoms with Gasteiger partial charge in [0.25, 0.3) is 0 Å². The molecule has 0 saturated carbocycles. The molecule has 2 N–H and O–H groups in total. The van der Waals surface area contributed by atoms with Crippen LogP contribution >= 0.6 is 0 Å². The predicted molar refractivity (Wildman–Crippen MR) is 56.8 cm³/mol. The minimum absolute atomic E-state index is 0.262. The van der Waals surface area contributed by atoms with E-state index >= 15 is 0 Å². The summed E-state index contributed by atoms with van der Waals surface area (Å²) in [5, 5.41) is 11.2. The number of aliphatic hydroxyl groups is 1. The van der Waals surface area contributed by atoms with Gasteiger partial charge in [-0.3, -0.25) is 0 Å². The molecule has 0 aliphatic carbocycles. The van der Waals surface area contributed by atoms with Crippen LogP contribution in [0.25, 0.3) is 0 Å². The monoisotopic (exact) mass is 228 g/mol. The van der Waals surface area contributed by atoms with Crippen molar-refractivity contribution in [3.8, 4) is 0 Å². The number of hydrogen-bond acceptors (Lipinski definition) is 3. The van der Waals surface area contributed by atoms with E-state index in [4.69, 9.17) is 0 Å². The van der Waals surface area contributed by atoms with Gasteiger partial charge in [0.2, 0.25) is 0 Å². The van der Waals surface area contributed by atoms with Crippen molar-refractivity contribution in [1.82, 2.24) is 5.01 Å². The summed E-state index contributed by atoms with van der Waals surface area (Å²) in [4.78, 5) is 0. The van der Waals surface area contributed by atoms with Crippen molar-refractivity contribution < 1.29 is 13.9 Å². The minimum atomic E-state index is -0.598. The number of benzene rings is 1. The highest BCUT2D eigenvalue weighted by Gasteiger charge is 2.16. The summed E-state index contributed by atoms with van der Waals surface area (Å²) in [6, 6.07) is 3.33. The van der Waals surface area contributed by atoms with Gasteiger partial charge in [-0.25, -0.2) is 13.8 Å². The average Bonchev–Trinajstić information content (AvgIpc) is 2.20. The van der Waals surface area contributed by atoms with Gasteiger partial charge in [0.15, 0.2) is 0 Å². The predicted octanol–water partition coefficient (Wildman–Crippen LogP) is 1.75. The van der Waals surface area contributed by atoms with Gasteiger partial charge in [-0.2, -0.15) is 0 Å². The summed E-state index contributed by atoms with van der Waals surface area (Å²) in [6.45, 7) is 1.33. The van der Waals surface area contributed by atoms with Crippen LogP contribution < -0.4 is 5.43 Å². The van der Waals surface area contributed by atoms with E-state index < -0.39 is 11.6 Å². The van der Waals surface area contributed by atoms with E-state index in [0.29, 0.717) is 31.6 Å². The first-order chi connectivity index (χ1) is 7.63. The van der Waals surface area contributed by atoms with E-state index in [2.05, 4.69) is 5.43 Å². The van der Waals surface area contributed by atoms with Crippen LogP contribution in [0.15, 0.2) is 18.2 Å². The third-order valence-electron chi connectivity index (χ3n) is 2.61. The van der Waals surface area contributed by atoms with Gasteiger partial charge in [-0.15, -0.1) is 0 Å². The maximum atomic E-state index is 12.9. The number of hydrazine groups is 1. The van der Waals surface area contributed by atoms with Crippen molar-refractivity contribution in [2.24, 2.45) is 0 Å². The summed E-state index contributed by atoms with van der Waals surface area (Å²) in [6.07, 6.45) is 1.08. The molecular weight excluding hydrogens is 214 g/mol. The number of rotatable bonds is 2. The Hall–Kier alpha value is -1.20. The number of anilines is 1. The zero-order chi connectivity index (χ0) is 11.5. The molecular formula is C11H14F2N2O. The molecule has 0 amide bonds. The number of piperidine rings is 1. The van der Waals surface area contributed by atoms with E-state index in [9.17, 15) is 13.9 Å². The molecule has 16 heavy (non-hydrogen) atoms. The lowest BCUT2D eigenvalue weighted by molar-refractivity contribution is 0.0936. The molecule has 1 heterocycles. The SMILES string of the molecule is OC1CCN(Nc2cc(F)cc(F)c2)CC1. The zero-order valence-electron chi connectivity index (χ0n) is 8.79. The van der Waals surface area contributed by atoms with Crippen molar-refractivity contribution in [2.75, 3.05) is 18.5 Å². The fourth-order valence-electron chi connectivity index (χ4n) is 1.78. The van der Waals surface area contributed by atoms with E-state index in [1.165, 1.54) is 12.1 Å². The lowest BCUT2D eigenvalue weighted by atomic mass is 10.1. The molecule has 1 aliphatic rings. The maximum Gasteiger partial charge on any atom is 0.128 e. The van der Waals surface area contributed by atoms with Gasteiger partial charge in [0.05, 0.1) is 11.8 Å². The normalized spacial score (nSPS) is 18.7. The van der Waals surface area contributed by atoms with Gasteiger partial charge >= 0.3 is 0 Å². The van der Waals surface area contributed by atoms with Gasteiger partial charge in [-0.05, 0) is 25.0 Å². The Balaban J connectivity index is 1.98. The number of nitrogens with zero attached hydrogens (tertiary/aromatic N) is 1. The fraction of sp³-hybridized carbons (Fsp3) is 0.455. The highest BCUT2D eigenvalue weighted by Crippen LogP contribution is 2.16. The van der Waals surface area contributed by atoms with Crippen LogP contribution in [0.3, 0.4) is 0 Å². The average molecular weight is 228 g/mol. The highest BCUT2D eigenvalue weighted by molar-refractivity contribution is 5.42. The molecule has 0 unspecified atom stereocenters. The smallest absolute Gasteiger partial charge is 0.128 e. The molecule has 0 bridgehead atoms. The molecule has 2 rings (SSSR count). The van der Waals surface area contributed by atoms with E-state index in [1.54, 1.807) is 0 Å². The zero-order valence-corrected chi connectivity index (χ0v) is 8.79. The first-order valence-corrected chi connectivity index (χ1v) is 5.29. The second-order valence-electron chi connectivity index (χ2n) is 3.99. The summed E-state index contributed by atoms with van der Waals surface area (Å²) in [5.74, 6) is -1.20. The first-order valence-electron chi connectivity index (χ1n) is 5.29. The lowest BCUT2D eigenvalue weighted by Crippen LogP contribution is -2.39. The van der Waals surface area contributed by atoms with Crippen molar-refractivity contribution in [2.45, 2.75) is 18.9 Å². The molecule has 1 aromatic carbocycles. The largest absolute Gasteiger partial charge is 0.393 e. The van der Waals surface area contributed by atoms with E-state index in [1.807, 2.05) is 5.01 Å². The molecule has 0 spiro atoms. The second kappa shape index (κ2) is 4.76. The summed E-state index contributed by atoms with van der Waals surface area (Å²) in [5.41, 5.74) is 3.32. The van der Waals surface area contributed by atoms with Gasteiger partial charge < -0.3 is 10.5 Å². The third-order valence-corrected chi connectivity index (χ3v) is 2.61. The fourth-order valence-corrected chi connectivity index (χ4v) is 1.78. The van der Waals surface area contributed by atoms with Gasteiger partial charge in [0, 0.05) is 19.2 Å². The number of hydrogen-bond donors (Lipinski definition) is 2. The number of aliphatic hydroxyl groups excluding tert-OH is 1. The standard InChI is InChI=1S/C11H14F2N2O/c12-8-5-9(13)7-10(6-8)14-15-3-1-11(16)2-4-15/h5-7,11,14,16H,1-4H2. The second-order valence-corrected chi connectivity index (χ2v) is 3.99. The van der Waals surface area contributed by atoms with E-state index in [0.717, 1.165) is 6.07 Å². The van der Waals surface area contributed by atoms with Crippen LogP contribution in [-0.2, 0) is 0 Å². The molecule has 5 heteroatoms. The highest BCUT2D eigenvalue weighted by atomic mass is 19.1. The molecule has 0 atom stereocenters. The Kier molecular flexibility index (Phi) is 3.36. The topological polar surface area (TPSA) is 35.5 Å². The van der Waals surface area contributed by atoms with Crippen LogP contribution in [-0.4, -0.2) is 29.3 Å². The Labute approximate surface area is 92.7 Å². The summed E-state index contributed by atoms with van der Waals surface area (Å²) in [7, 11) is 0. The first kappa shape index (κ1) is 11.3. The molecule has 3 nitrogen and oxygen atoms in total. The Morgan fingerprint density at radius 2 is 1.69 bits per heavy atom. The molecule has 0 radical (unpaired) electrons. The van der Waals surface area contributed by atoms with Crippen LogP contribution in [0.4, 0.5) is 14.5 Å². The molecule has 1 fully saturated rings. The van der Waals surface area contributed by atoms with Crippen molar-refractivity contribution in [3.05, 3.63) is 29.8 Å².